The molecule has 0 spiro atoms. The van der Waals surface area contributed by atoms with Gasteiger partial charge in [0.1, 0.15) is 18.2 Å². The van der Waals surface area contributed by atoms with Gasteiger partial charge in [-0.1, -0.05) is 12.1 Å². The van der Waals surface area contributed by atoms with Crippen LogP contribution < -0.4 is 4.74 Å². The quantitative estimate of drug-likeness (QED) is 0.594. The van der Waals surface area contributed by atoms with Crippen LogP contribution in [0.1, 0.15) is 20.1 Å². The lowest BCUT2D eigenvalue weighted by atomic mass is 10.2. The van der Waals surface area contributed by atoms with Gasteiger partial charge in [0.05, 0.1) is 4.88 Å². The average molecular weight is 417 g/mol. The van der Waals surface area contributed by atoms with Crippen LogP contribution in [0, 0.1) is 5.82 Å². The number of halogens is 1. The number of rotatable bonds is 6. The predicted octanol–water partition coefficient (Wildman–Crippen LogP) is 4.49. The highest BCUT2D eigenvalue weighted by molar-refractivity contribution is 7.12. The van der Waals surface area contributed by atoms with E-state index in [0.717, 1.165) is 43.2 Å². The topological polar surface area (TPSA) is 32.8 Å². The fourth-order valence-corrected chi connectivity index (χ4v) is 4.78. The summed E-state index contributed by atoms with van der Waals surface area (Å²) in [5.41, 5.74) is 0.925. The maximum atomic E-state index is 13.2. The molecule has 4 nitrogen and oxygen atoms in total. The van der Waals surface area contributed by atoms with E-state index in [1.165, 1.54) is 28.3 Å². The monoisotopic (exact) mass is 416 g/mol. The second-order valence-corrected chi connectivity index (χ2v) is 8.66. The first-order valence-electron chi connectivity index (χ1n) is 9.17. The summed E-state index contributed by atoms with van der Waals surface area (Å²) in [4.78, 5) is 19.2. The van der Waals surface area contributed by atoms with Crippen LogP contribution in [-0.4, -0.2) is 41.9 Å². The lowest BCUT2D eigenvalue weighted by Gasteiger charge is -2.34. The molecule has 146 valence electrons. The van der Waals surface area contributed by atoms with E-state index in [1.807, 2.05) is 16.3 Å². The van der Waals surface area contributed by atoms with Gasteiger partial charge in [-0.2, -0.15) is 0 Å². The molecule has 1 aliphatic rings. The third kappa shape index (κ3) is 4.79. The van der Waals surface area contributed by atoms with Crippen LogP contribution >= 0.6 is 22.7 Å². The summed E-state index contributed by atoms with van der Waals surface area (Å²) < 4.78 is 18.8. The third-order valence-corrected chi connectivity index (χ3v) is 6.51. The molecule has 1 saturated heterocycles. The maximum Gasteiger partial charge on any atom is 0.264 e. The van der Waals surface area contributed by atoms with Crippen molar-refractivity contribution >= 4 is 28.6 Å². The fraction of sp³-hybridized carbons (Fsp3) is 0.286. The van der Waals surface area contributed by atoms with E-state index in [0.29, 0.717) is 12.4 Å². The zero-order valence-electron chi connectivity index (χ0n) is 15.3. The average Bonchev–Trinajstić information content (AvgIpc) is 3.39. The van der Waals surface area contributed by atoms with E-state index in [-0.39, 0.29) is 11.7 Å². The second kappa shape index (κ2) is 8.86. The highest BCUT2D eigenvalue weighted by atomic mass is 32.1. The molecule has 0 atom stereocenters. The summed E-state index contributed by atoms with van der Waals surface area (Å²) in [5.74, 6) is 0.246. The normalized spacial score (nSPS) is 15.0. The van der Waals surface area contributed by atoms with Crippen LogP contribution in [0.3, 0.4) is 0 Å². The zero-order chi connectivity index (χ0) is 19.3. The molecule has 0 N–H and O–H groups in total. The van der Waals surface area contributed by atoms with Gasteiger partial charge in [-0.15, -0.1) is 22.7 Å². The molecule has 0 aliphatic carbocycles. The smallest absolute Gasteiger partial charge is 0.264 e. The second-order valence-electron chi connectivity index (χ2n) is 6.71. The van der Waals surface area contributed by atoms with E-state index in [4.69, 9.17) is 4.74 Å². The number of nitrogens with zero attached hydrogens (tertiary/aromatic N) is 2. The largest absolute Gasteiger partial charge is 0.489 e. The number of hydrogen-bond acceptors (Lipinski definition) is 5. The Morgan fingerprint density at radius 3 is 2.68 bits per heavy atom. The van der Waals surface area contributed by atoms with Gasteiger partial charge in [-0.05, 0) is 35.0 Å². The Bertz CT molecular complexity index is 918. The Kier molecular flexibility index (Phi) is 6.04. The minimum absolute atomic E-state index is 0.0813. The number of amides is 1. The van der Waals surface area contributed by atoms with Crippen molar-refractivity contribution in [2.45, 2.75) is 13.2 Å². The number of ether oxygens (including phenoxy) is 1. The molecule has 0 saturated carbocycles. The first-order valence-corrected chi connectivity index (χ1v) is 10.9. The maximum absolute atomic E-state index is 13.2. The van der Waals surface area contributed by atoms with Gasteiger partial charge in [0.2, 0.25) is 0 Å². The number of piperazine rings is 1. The molecule has 0 unspecified atom stereocenters. The number of carbonyl (C=O) groups excluding carboxylic acids is 1. The van der Waals surface area contributed by atoms with Crippen molar-refractivity contribution in [2.24, 2.45) is 0 Å². The molecule has 0 bridgehead atoms. The molecule has 1 aliphatic heterocycles. The third-order valence-electron chi connectivity index (χ3n) is 4.69. The number of hydrogen-bond donors (Lipinski definition) is 0. The first kappa shape index (κ1) is 19.1. The molecular weight excluding hydrogens is 395 g/mol. The van der Waals surface area contributed by atoms with Gasteiger partial charge in [-0.3, -0.25) is 9.69 Å². The Morgan fingerprint density at radius 2 is 1.93 bits per heavy atom. The van der Waals surface area contributed by atoms with Crippen LogP contribution in [0.4, 0.5) is 4.39 Å². The van der Waals surface area contributed by atoms with Crippen molar-refractivity contribution in [3.8, 4) is 5.75 Å². The number of carbonyl (C=O) groups is 1. The van der Waals surface area contributed by atoms with E-state index in [2.05, 4.69) is 22.4 Å². The lowest BCUT2D eigenvalue weighted by molar-refractivity contribution is 0.0634. The fourth-order valence-electron chi connectivity index (χ4n) is 3.17. The van der Waals surface area contributed by atoms with E-state index in [9.17, 15) is 9.18 Å². The Hall–Kier alpha value is -2.22. The molecular formula is C21H21FN2O2S2. The number of benzene rings is 1. The molecule has 3 heterocycles. The molecule has 7 heteroatoms. The summed E-state index contributed by atoms with van der Waals surface area (Å²) in [6, 6.07) is 12.2. The Labute approximate surface area is 171 Å². The van der Waals surface area contributed by atoms with Crippen molar-refractivity contribution in [1.82, 2.24) is 9.80 Å². The van der Waals surface area contributed by atoms with Gasteiger partial charge < -0.3 is 9.64 Å². The molecule has 1 aromatic carbocycles. The van der Waals surface area contributed by atoms with Crippen LogP contribution in [-0.2, 0) is 13.2 Å². The predicted molar refractivity (Wildman–Crippen MR) is 111 cm³/mol. The SMILES string of the molecule is O=C(c1cc(COc2cccc(F)c2)cs1)N1CCN(Cc2cccs2)CC1. The molecule has 4 rings (SSSR count). The standard InChI is InChI=1S/C21H21FN2O2S2/c22-17-3-1-4-18(12-17)26-14-16-11-20(28-15-16)21(25)24-8-6-23(7-9-24)13-19-5-2-10-27-19/h1-5,10-12,15H,6-9,13-14H2. The zero-order valence-corrected chi connectivity index (χ0v) is 17.0. The van der Waals surface area contributed by atoms with E-state index in [1.54, 1.807) is 23.5 Å². The Balaban J connectivity index is 1.28. The van der Waals surface area contributed by atoms with Crippen molar-refractivity contribution in [3.63, 3.8) is 0 Å². The van der Waals surface area contributed by atoms with Crippen molar-refractivity contribution in [3.05, 3.63) is 74.4 Å². The summed E-state index contributed by atoms with van der Waals surface area (Å²) >= 11 is 3.21. The lowest BCUT2D eigenvalue weighted by Crippen LogP contribution is -2.48. The molecule has 0 radical (unpaired) electrons. The number of thiophene rings is 2. The van der Waals surface area contributed by atoms with Gasteiger partial charge in [0.25, 0.3) is 5.91 Å². The highest BCUT2D eigenvalue weighted by Crippen LogP contribution is 2.21. The molecule has 1 fully saturated rings. The summed E-state index contributed by atoms with van der Waals surface area (Å²) in [5, 5.41) is 4.03. The molecule has 28 heavy (non-hydrogen) atoms. The minimum atomic E-state index is -0.322. The summed E-state index contributed by atoms with van der Waals surface area (Å²) in [6.07, 6.45) is 0. The van der Waals surface area contributed by atoms with Crippen LogP contribution in [0.2, 0.25) is 0 Å². The van der Waals surface area contributed by atoms with Gasteiger partial charge in [-0.25, -0.2) is 4.39 Å². The van der Waals surface area contributed by atoms with Crippen molar-refractivity contribution in [1.29, 1.82) is 0 Å². The van der Waals surface area contributed by atoms with Crippen molar-refractivity contribution in [2.75, 3.05) is 26.2 Å². The molecule has 3 aromatic rings. The van der Waals surface area contributed by atoms with E-state index >= 15 is 0 Å². The van der Waals surface area contributed by atoms with Crippen molar-refractivity contribution < 1.29 is 13.9 Å². The van der Waals surface area contributed by atoms with Crippen LogP contribution in [0.15, 0.2) is 53.2 Å². The minimum Gasteiger partial charge on any atom is -0.489 e. The first-order chi connectivity index (χ1) is 13.7. The highest BCUT2D eigenvalue weighted by Gasteiger charge is 2.23. The molecule has 2 aromatic heterocycles. The summed E-state index contributed by atoms with van der Waals surface area (Å²) in [7, 11) is 0. The van der Waals surface area contributed by atoms with E-state index < -0.39 is 0 Å². The Morgan fingerprint density at radius 1 is 1.07 bits per heavy atom. The van der Waals surface area contributed by atoms with Crippen LogP contribution in [0.5, 0.6) is 5.75 Å². The molecule has 1 amide bonds. The van der Waals surface area contributed by atoms with Crippen LogP contribution in [0.25, 0.3) is 0 Å². The van der Waals surface area contributed by atoms with Gasteiger partial charge in [0, 0.05) is 49.2 Å². The van der Waals surface area contributed by atoms with Gasteiger partial charge >= 0.3 is 0 Å². The van der Waals surface area contributed by atoms with Gasteiger partial charge in [0.15, 0.2) is 0 Å². The summed E-state index contributed by atoms with van der Waals surface area (Å²) in [6.45, 7) is 4.56.